The molecule has 0 unspecified atom stereocenters. The molecule has 0 aliphatic carbocycles. The van der Waals surface area contributed by atoms with E-state index in [-0.39, 0.29) is 0 Å². The third kappa shape index (κ3) is 4.52. The van der Waals surface area contributed by atoms with Crippen LogP contribution in [0.1, 0.15) is 51.7 Å². The summed E-state index contributed by atoms with van der Waals surface area (Å²) >= 11 is 0. The van der Waals surface area contributed by atoms with Crippen LogP contribution >= 0.6 is 0 Å². The van der Waals surface area contributed by atoms with E-state index in [9.17, 15) is 0 Å². The zero-order chi connectivity index (χ0) is 15.1. The normalized spacial score (nSPS) is 11.4. The molecule has 1 aromatic rings. The fourth-order valence-electron chi connectivity index (χ4n) is 2.58. The molecule has 2 heteroatoms. The van der Waals surface area contributed by atoms with Crippen LogP contribution in [-0.2, 0) is 0 Å². The maximum Gasteiger partial charge on any atom is 0.0399 e. The van der Waals surface area contributed by atoms with Gasteiger partial charge in [0.15, 0.2) is 0 Å². The molecule has 0 aromatic heterocycles. The number of anilines is 1. The number of rotatable bonds is 8. The molecule has 20 heavy (non-hydrogen) atoms. The molecule has 0 atom stereocenters. The lowest BCUT2D eigenvalue weighted by atomic mass is 10.00. The van der Waals surface area contributed by atoms with Crippen molar-refractivity contribution in [3.05, 3.63) is 29.3 Å². The Morgan fingerprint density at radius 3 is 2.10 bits per heavy atom. The first-order valence-electron chi connectivity index (χ1n) is 8.11. The van der Waals surface area contributed by atoms with Crippen LogP contribution in [0.2, 0.25) is 0 Å². The average molecular weight is 276 g/mol. The van der Waals surface area contributed by atoms with E-state index in [0.717, 1.165) is 32.7 Å². The second kappa shape index (κ2) is 8.31. The summed E-state index contributed by atoms with van der Waals surface area (Å²) in [4.78, 5) is 5.00. The topological polar surface area (TPSA) is 6.48 Å². The van der Waals surface area contributed by atoms with Crippen molar-refractivity contribution in [3.8, 4) is 0 Å². The molecule has 0 amide bonds. The third-order valence-corrected chi connectivity index (χ3v) is 4.20. The maximum absolute atomic E-state index is 2.51. The molecule has 1 aromatic carbocycles. The predicted octanol–water partition coefficient (Wildman–Crippen LogP) is 4.29. The first-order chi connectivity index (χ1) is 9.53. The minimum absolute atomic E-state index is 0.593. The van der Waals surface area contributed by atoms with Crippen molar-refractivity contribution in [2.75, 3.05) is 37.6 Å². The molecule has 0 aliphatic heterocycles. The zero-order valence-corrected chi connectivity index (χ0v) is 14.2. The lowest BCUT2D eigenvalue weighted by Crippen LogP contribution is -2.35. The Morgan fingerprint density at radius 1 is 0.950 bits per heavy atom. The van der Waals surface area contributed by atoms with E-state index < -0.39 is 0 Å². The maximum atomic E-state index is 2.51. The lowest BCUT2D eigenvalue weighted by Gasteiger charge is -2.29. The van der Waals surface area contributed by atoms with E-state index in [1.54, 1.807) is 0 Å². The molecule has 114 valence electrons. The SMILES string of the molecule is CCN(CC)CCN(CC)c1cc(C(C)C)ccc1C. The van der Waals surface area contributed by atoms with Crippen LogP contribution in [0.5, 0.6) is 0 Å². The van der Waals surface area contributed by atoms with Gasteiger partial charge in [0.25, 0.3) is 0 Å². The second-order valence-electron chi connectivity index (χ2n) is 5.81. The largest absolute Gasteiger partial charge is 0.370 e. The van der Waals surface area contributed by atoms with Gasteiger partial charge in [-0.25, -0.2) is 0 Å². The van der Waals surface area contributed by atoms with Crippen molar-refractivity contribution in [2.24, 2.45) is 0 Å². The van der Waals surface area contributed by atoms with Gasteiger partial charge in [-0.05, 0) is 50.0 Å². The number of nitrogens with zero attached hydrogens (tertiary/aromatic N) is 2. The van der Waals surface area contributed by atoms with Gasteiger partial charge in [0.1, 0.15) is 0 Å². The van der Waals surface area contributed by atoms with Crippen LogP contribution in [0.4, 0.5) is 5.69 Å². The Labute approximate surface area is 125 Å². The van der Waals surface area contributed by atoms with Crippen molar-refractivity contribution in [1.29, 1.82) is 0 Å². The van der Waals surface area contributed by atoms with Crippen molar-refractivity contribution in [3.63, 3.8) is 0 Å². The molecule has 1 rings (SSSR count). The van der Waals surface area contributed by atoms with E-state index in [2.05, 4.69) is 69.5 Å². The summed E-state index contributed by atoms with van der Waals surface area (Å²) in [6.07, 6.45) is 0. The Morgan fingerprint density at radius 2 is 1.60 bits per heavy atom. The lowest BCUT2D eigenvalue weighted by molar-refractivity contribution is 0.310. The van der Waals surface area contributed by atoms with Gasteiger partial charge in [0.05, 0.1) is 0 Å². The standard InChI is InChI=1S/C18H32N2/c1-7-19(8-2)12-13-20(9-3)18-14-17(15(4)5)11-10-16(18)6/h10-11,14-15H,7-9,12-13H2,1-6H3. The van der Waals surface area contributed by atoms with Gasteiger partial charge in [0.2, 0.25) is 0 Å². The van der Waals surface area contributed by atoms with Crippen molar-refractivity contribution in [2.45, 2.75) is 47.5 Å². The van der Waals surface area contributed by atoms with Crippen LogP contribution in [0.25, 0.3) is 0 Å². The summed E-state index contributed by atoms with van der Waals surface area (Å²) in [6, 6.07) is 6.91. The molecule has 0 fully saturated rings. The van der Waals surface area contributed by atoms with E-state index >= 15 is 0 Å². The summed E-state index contributed by atoms with van der Waals surface area (Å²) in [5.74, 6) is 0.593. The van der Waals surface area contributed by atoms with Gasteiger partial charge in [0, 0.05) is 25.3 Å². The van der Waals surface area contributed by atoms with Crippen molar-refractivity contribution < 1.29 is 0 Å². The van der Waals surface area contributed by atoms with Crippen LogP contribution < -0.4 is 4.90 Å². The second-order valence-corrected chi connectivity index (χ2v) is 5.81. The Bertz CT molecular complexity index is 394. The van der Waals surface area contributed by atoms with Crippen LogP contribution in [0.15, 0.2) is 18.2 Å². The Hall–Kier alpha value is -1.02. The number of likely N-dealkylation sites (N-methyl/N-ethyl adjacent to an activating group) is 2. The van der Waals surface area contributed by atoms with E-state index in [4.69, 9.17) is 0 Å². The predicted molar refractivity (Wildman–Crippen MR) is 90.9 cm³/mol. The Kier molecular flexibility index (Phi) is 7.08. The van der Waals surface area contributed by atoms with Crippen LogP contribution in [0, 0.1) is 6.92 Å². The minimum Gasteiger partial charge on any atom is -0.370 e. The fourth-order valence-corrected chi connectivity index (χ4v) is 2.58. The molecule has 0 aliphatic rings. The first kappa shape index (κ1) is 17.0. The molecule has 0 heterocycles. The van der Waals surface area contributed by atoms with Gasteiger partial charge in [-0.15, -0.1) is 0 Å². The first-order valence-corrected chi connectivity index (χ1v) is 8.11. The van der Waals surface area contributed by atoms with E-state index in [1.807, 2.05) is 0 Å². The van der Waals surface area contributed by atoms with Gasteiger partial charge < -0.3 is 9.80 Å². The average Bonchev–Trinajstić information content (AvgIpc) is 2.45. The summed E-state index contributed by atoms with van der Waals surface area (Å²) in [6.45, 7) is 19.1. The Balaban J connectivity index is 2.85. The highest BCUT2D eigenvalue weighted by molar-refractivity contribution is 5.55. The van der Waals surface area contributed by atoms with Gasteiger partial charge >= 0.3 is 0 Å². The van der Waals surface area contributed by atoms with Crippen molar-refractivity contribution in [1.82, 2.24) is 4.90 Å². The molecule has 0 N–H and O–H groups in total. The minimum atomic E-state index is 0.593. The molecule has 0 saturated heterocycles. The molecule has 0 spiro atoms. The van der Waals surface area contributed by atoms with Crippen LogP contribution in [-0.4, -0.2) is 37.6 Å². The number of benzene rings is 1. The highest BCUT2D eigenvalue weighted by atomic mass is 15.2. The monoisotopic (exact) mass is 276 g/mol. The van der Waals surface area contributed by atoms with Gasteiger partial charge in [-0.3, -0.25) is 0 Å². The summed E-state index contributed by atoms with van der Waals surface area (Å²) in [7, 11) is 0. The summed E-state index contributed by atoms with van der Waals surface area (Å²) in [5, 5.41) is 0. The number of hydrogen-bond acceptors (Lipinski definition) is 2. The molecule has 0 saturated carbocycles. The van der Waals surface area contributed by atoms with Crippen LogP contribution in [0.3, 0.4) is 0 Å². The quantitative estimate of drug-likeness (QED) is 0.699. The highest BCUT2D eigenvalue weighted by Gasteiger charge is 2.11. The zero-order valence-electron chi connectivity index (χ0n) is 14.2. The van der Waals surface area contributed by atoms with E-state index in [1.165, 1.54) is 16.8 Å². The van der Waals surface area contributed by atoms with Crippen molar-refractivity contribution >= 4 is 5.69 Å². The molecule has 0 radical (unpaired) electrons. The number of hydrogen-bond donors (Lipinski definition) is 0. The molecular weight excluding hydrogens is 244 g/mol. The number of aryl methyl sites for hydroxylation is 1. The molecule has 0 bridgehead atoms. The summed E-state index contributed by atoms with van der Waals surface area (Å²) < 4.78 is 0. The molecular formula is C18H32N2. The van der Waals surface area contributed by atoms with E-state index in [0.29, 0.717) is 5.92 Å². The molecule has 2 nitrogen and oxygen atoms in total. The highest BCUT2D eigenvalue weighted by Crippen LogP contribution is 2.25. The fraction of sp³-hybridized carbons (Fsp3) is 0.667. The third-order valence-electron chi connectivity index (χ3n) is 4.20. The summed E-state index contributed by atoms with van der Waals surface area (Å²) in [5.41, 5.74) is 4.23. The van der Waals surface area contributed by atoms with Gasteiger partial charge in [-0.2, -0.15) is 0 Å². The van der Waals surface area contributed by atoms with Gasteiger partial charge in [-0.1, -0.05) is 39.8 Å². The smallest absolute Gasteiger partial charge is 0.0399 e.